The first-order valence-corrected chi connectivity index (χ1v) is 6.36. The number of methoxy groups -OCH3 is 1. The Labute approximate surface area is 94.2 Å². The normalized spacial score (nSPS) is 11.6. The summed E-state index contributed by atoms with van der Waals surface area (Å²) in [6.07, 6.45) is 0. The lowest BCUT2D eigenvalue weighted by molar-refractivity contribution is 0.370. The first-order chi connectivity index (χ1) is 7.26. The summed E-state index contributed by atoms with van der Waals surface area (Å²) in [7, 11) is 1.73. The van der Waals surface area contributed by atoms with E-state index in [0.29, 0.717) is 0 Å². The van der Waals surface area contributed by atoms with Crippen molar-refractivity contribution in [1.29, 1.82) is 0 Å². The molecule has 3 nitrogen and oxygen atoms in total. The Morgan fingerprint density at radius 2 is 1.88 bits per heavy atom. The molecule has 0 aliphatic rings. The monoisotopic (exact) mass is 274 g/mol. The zero-order chi connectivity index (χ0) is 12.5. The Bertz CT molecular complexity index is 516. The van der Waals surface area contributed by atoms with Crippen LogP contribution in [0.3, 0.4) is 0 Å². The van der Waals surface area contributed by atoms with E-state index >= 15 is 0 Å². The molecule has 1 rings (SSSR count). The van der Waals surface area contributed by atoms with Crippen LogP contribution in [0.5, 0.6) is 5.75 Å². The molecule has 0 radical (unpaired) electrons. The molecule has 0 unspecified atom stereocenters. The van der Waals surface area contributed by atoms with Crippen molar-refractivity contribution in [2.75, 3.05) is 7.11 Å². The molecule has 0 saturated carbocycles. The number of halogens is 4. The Morgan fingerprint density at radius 1 is 1.31 bits per heavy atom. The number of benzene rings is 1. The smallest absolute Gasteiger partial charge is 0.237 e. The summed E-state index contributed by atoms with van der Waals surface area (Å²) in [6, 6.07) is 0.262. The average molecular weight is 275 g/mol. The lowest BCUT2D eigenvalue weighted by atomic mass is 10.2. The minimum atomic E-state index is -4.15. The fourth-order valence-corrected chi connectivity index (χ4v) is 2.08. The van der Waals surface area contributed by atoms with Crippen molar-refractivity contribution in [3.8, 4) is 5.75 Å². The van der Waals surface area contributed by atoms with Gasteiger partial charge in [0, 0.05) is 16.7 Å². The fraction of sp³-hybridized carbons (Fsp3) is 0.250. The first-order valence-electron chi connectivity index (χ1n) is 3.89. The Kier molecular flexibility index (Phi) is 3.69. The largest absolute Gasteiger partial charge is 0.493 e. The molecule has 0 saturated heterocycles. The minimum absolute atomic E-state index is 0.262. The molecule has 0 spiro atoms. The van der Waals surface area contributed by atoms with Gasteiger partial charge in [-0.1, -0.05) is 0 Å². The average Bonchev–Trinajstić information content (AvgIpc) is 2.12. The molecule has 0 amide bonds. The van der Waals surface area contributed by atoms with Gasteiger partial charge in [-0.15, -0.1) is 0 Å². The molecule has 0 N–H and O–H groups in total. The van der Waals surface area contributed by atoms with E-state index in [-0.39, 0.29) is 6.07 Å². The maximum atomic E-state index is 13.2. The zero-order valence-electron chi connectivity index (χ0n) is 7.93. The minimum Gasteiger partial charge on any atom is -0.493 e. The van der Waals surface area contributed by atoms with E-state index in [1.54, 1.807) is 0 Å². The van der Waals surface area contributed by atoms with Crippen LogP contribution in [0.1, 0.15) is 5.56 Å². The highest BCUT2D eigenvalue weighted by molar-refractivity contribution is 8.13. The number of rotatable bonds is 3. The van der Waals surface area contributed by atoms with Crippen LogP contribution in [0.15, 0.2) is 6.07 Å². The third kappa shape index (κ3) is 2.79. The summed E-state index contributed by atoms with van der Waals surface area (Å²) in [6.45, 7) is 0. The maximum absolute atomic E-state index is 13.2. The van der Waals surface area contributed by atoms with Gasteiger partial charge in [0.1, 0.15) is 0 Å². The number of hydrogen-bond donors (Lipinski definition) is 0. The summed E-state index contributed by atoms with van der Waals surface area (Å²) in [5, 5.41) is 0. The van der Waals surface area contributed by atoms with Crippen LogP contribution in [0.25, 0.3) is 0 Å². The van der Waals surface area contributed by atoms with Crippen molar-refractivity contribution in [2.24, 2.45) is 0 Å². The highest BCUT2D eigenvalue weighted by atomic mass is 35.7. The van der Waals surface area contributed by atoms with Crippen LogP contribution in [0.4, 0.5) is 13.2 Å². The molecule has 1 aromatic rings. The van der Waals surface area contributed by atoms with Crippen LogP contribution in [0.2, 0.25) is 0 Å². The summed E-state index contributed by atoms with van der Waals surface area (Å²) in [4.78, 5) is 0. The van der Waals surface area contributed by atoms with Gasteiger partial charge < -0.3 is 4.74 Å². The number of hydrogen-bond acceptors (Lipinski definition) is 3. The molecule has 0 fully saturated rings. The third-order valence-corrected chi connectivity index (χ3v) is 2.70. The van der Waals surface area contributed by atoms with E-state index in [9.17, 15) is 21.6 Å². The summed E-state index contributed by atoms with van der Waals surface area (Å²) in [5.41, 5.74) is -0.769. The molecule has 0 aliphatic carbocycles. The lowest BCUT2D eigenvalue weighted by Crippen LogP contribution is -2.06. The predicted molar refractivity (Wildman–Crippen MR) is 51.3 cm³/mol. The Morgan fingerprint density at radius 3 is 2.31 bits per heavy atom. The van der Waals surface area contributed by atoms with Gasteiger partial charge in [-0.3, -0.25) is 0 Å². The second-order valence-electron chi connectivity index (χ2n) is 2.85. The van der Waals surface area contributed by atoms with Gasteiger partial charge in [0.25, 0.3) is 0 Å². The van der Waals surface area contributed by atoms with E-state index in [2.05, 4.69) is 4.74 Å². The molecule has 0 aromatic heterocycles. The molecule has 16 heavy (non-hydrogen) atoms. The molecule has 0 bridgehead atoms. The van der Waals surface area contributed by atoms with E-state index in [1.165, 1.54) is 0 Å². The fourth-order valence-electron chi connectivity index (χ4n) is 1.15. The second kappa shape index (κ2) is 4.50. The predicted octanol–water partition coefficient (Wildman–Crippen LogP) is 2.18. The van der Waals surface area contributed by atoms with Gasteiger partial charge in [0.05, 0.1) is 18.4 Å². The zero-order valence-corrected chi connectivity index (χ0v) is 9.50. The first kappa shape index (κ1) is 13.1. The molecule has 8 heteroatoms. The number of ether oxygens (including phenoxy) is 1. The molecular weight excluding hydrogens is 269 g/mol. The van der Waals surface area contributed by atoms with Gasteiger partial charge >= 0.3 is 0 Å². The van der Waals surface area contributed by atoms with Gasteiger partial charge in [-0.25, -0.2) is 21.6 Å². The van der Waals surface area contributed by atoms with Crippen molar-refractivity contribution in [3.05, 3.63) is 29.1 Å². The van der Waals surface area contributed by atoms with Gasteiger partial charge in [0.15, 0.2) is 23.2 Å². The molecule has 90 valence electrons. The topological polar surface area (TPSA) is 43.4 Å². The van der Waals surface area contributed by atoms with Crippen molar-refractivity contribution in [2.45, 2.75) is 5.75 Å². The standard InChI is InChI=1S/C8H6ClF3O3S/c1-15-8-4(3-16(9,13)14)7(12)5(10)2-6(8)11/h2H,3H2,1H3. The molecule has 0 heterocycles. The van der Waals surface area contributed by atoms with E-state index in [4.69, 9.17) is 10.7 Å². The van der Waals surface area contributed by atoms with Crippen molar-refractivity contribution in [3.63, 3.8) is 0 Å². The third-order valence-electron chi connectivity index (χ3n) is 1.74. The van der Waals surface area contributed by atoms with E-state index in [1.807, 2.05) is 0 Å². The lowest BCUT2D eigenvalue weighted by Gasteiger charge is -2.09. The summed E-state index contributed by atoms with van der Waals surface area (Å²) < 4.78 is 65.1. The van der Waals surface area contributed by atoms with Crippen LogP contribution in [-0.2, 0) is 14.8 Å². The molecule has 0 aliphatic heterocycles. The van der Waals surface area contributed by atoms with E-state index in [0.717, 1.165) is 7.11 Å². The summed E-state index contributed by atoms with van der Waals surface area (Å²) in [5.74, 6) is -5.94. The van der Waals surface area contributed by atoms with Crippen LogP contribution in [0, 0.1) is 17.5 Å². The second-order valence-corrected chi connectivity index (χ2v) is 5.63. The SMILES string of the molecule is COc1c(F)cc(F)c(F)c1CS(=O)(=O)Cl. The van der Waals surface area contributed by atoms with Crippen molar-refractivity contribution >= 4 is 19.7 Å². The van der Waals surface area contributed by atoms with Crippen LogP contribution >= 0.6 is 10.7 Å². The molecular formula is C8H6ClF3O3S. The van der Waals surface area contributed by atoms with Crippen molar-refractivity contribution < 1.29 is 26.3 Å². The maximum Gasteiger partial charge on any atom is 0.237 e. The van der Waals surface area contributed by atoms with Crippen LogP contribution in [-0.4, -0.2) is 15.5 Å². The highest BCUT2D eigenvalue weighted by Crippen LogP contribution is 2.29. The highest BCUT2D eigenvalue weighted by Gasteiger charge is 2.23. The van der Waals surface area contributed by atoms with Crippen LogP contribution < -0.4 is 4.74 Å². The van der Waals surface area contributed by atoms with Gasteiger partial charge in [-0.05, 0) is 0 Å². The van der Waals surface area contributed by atoms with Gasteiger partial charge in [0.2, 0.25) is 9.05 Å². The van der Waals surface area contributed by atoms with Crippen molar-refractivity contribution in [1.82, 2.24) is 0 Å². The Balaban J connectivity index is 3.45. The van der Waals surface area contributed by atoms with Gasteiger partial charge in [-0.2, -0.15) is 0 Å². The molecule has 0 atom stereocenters. The van der Waals surface area contributed by atoms with E-state index < -0.39 is 43.6 Å². The molecule has 1 aromatic carbocycles. The summed E-state index contributed by atoms with van der Waals surface area (Å²) >= 11 is 0. The quantitative estimate of drug-likeness (QED) is 0.627. The Hall–Kier alpha value is -0.950.